The van der Waals surface area contributed by atoms with E-state index in [4.69, 9.17) is 90.0 Å². The molecule has 756 valence electrons. The van der Waals surface area contributed by atoms with Crippen LogP contribution in [0, 0.1) is 0 Å². The molecule has 1 unspecified atom stereocenters. The number of amides is 5. The third kappa shape index (κ3) is 23.9. The van der Waals surface area contributed by atoms with Crippen LogP contribution in [0.3, 0.4) is 0 Å². The van der Waals surface area contributed by atoms with Crippen LogP contribution < -0.4 is 26.6 Å². The molecule has 10 heterocycles. The Hall–Kier alpha value is -5.02. The number of carboxylic acids is 1. The molecule has 58 nitrogen and oxygen atoms in total. The topological polar surface area (TPSA) is 904 Å². The van der Waals surface area contributed by atoms with Crippen molar-refractivity contribution in [3.05, 3.63) is 0 Å². The fourth-order valence-corrected chi connectivity index (χ4v) is 17.0. The van der Waals surface area contributed by atoms with Gasteiger partial charge in [0.15, 0.2) is 56.6 Å². The number of ether oxygens (including phenoxy) is 19. The van der Waals surface area contributed by atoms with Gasteiger partial charge in [-0.2, -0.15) is 0 Å². The van der Waals surface area contributed by atoms with Gasteiger partial charge in [0, 0.05) is 41.0 Å². The second-order valence-electron chi connectivity index (χ2n) is 33.1. The normalized spacial score (nSPS) is 47.5. The number of rotatable bonds is 35. The van der Waals surface area contributed by atoms with Gasteiger partial charge in [0.2, 0.25) is 29.5 Å². The van der Waals surface area contributed by atoms with E-state index in [1.807, 2.05) is 0 Å². The Morgan fingerprint density at radius 3 is 1.11 bits per heavy atom. The Morgan fingerprint density at radius 1 is 0.328 bits per heavy atom. The minimum Gasteiger partial charge on any atom is -0.477 e. The van der Waals surface area contributed by atoms with Crippen molar-refractivity contribution >= 4 is 35.5 Å². The van der Waals surface area contributed by atoms with Crippen molar-refractivity contribution in [2.45, 2.75) is 360 Å². The summed E-state index contributed by atoms with van der Waals surface area (Å²) in [6.45, 7) is -4.72. The van der Waals surface area contributed by atoms with E-state index in [1.54, 1.807) is 0 Å². The van der Waals surface area contributed by atoms with E-state index in [-0.39, 0.29) is 0 Å². The molecule has 0 aliphatic carbocycles. The van der Waals surface area contributed by atoms with E-state index in [2.05, 4.69) is 26.6 Å². The maximum absolute atomic E-state index is 13.8. The summed E-state index contributed by atoms with van der Waals surface area (Å²) in [5.74, 6) is -10.6. The number of hydrogen-bond acceptors (Lipinski definition) is 52. The van der Waals surface area contributed by atoms with Crippen molar-refractivity contribution in [3.8, 4) is 0 Å². The Kier molecular flexibility index (Phi) is 38.4. The molecule has 0 saturated carbocycles. The predicted octanol–water partition coefficient (Wildman–Crippen LogP) is -21.9. The van der Waals surface area contributed by atoms with Gasteiger partial charge in [-0.3, -0.25) is 24.0 Å². The van der Waals surface area contributed by atoms with Crippen LogP contribution in [0.2, 0.25) is 0 Å². The van der Waals surface area contributed by atoms with Gasteiger partial charge in [-0.1, -0.05) is 0 Å². The Bertz CT molecular complexity index is 3660. The van der Waals surface area contributed by atoms with E-state index in [9.17, 15) is 172 Å². The van der Waals surface area contributed by atoms with Crippen molar-refractivity contribution in [2.75, 3.05) is 59.5 Å². The summed E-state index contributed by atoms with van der Waals surface area (Å²) in [6.07, 6.45) is -98.3. The number of carbonyl (C=O) groups excluding carboxylic acids is 5. The van der Waals surface area contributed by atoms with E-state index in [0.717, 1.165) is 34.6 Å². The van der Waals surface area contributed by atoms with Gasteiger partial charge in [0.25, 0.3) is 5.79 Å². The molecule has 51 atom stereocenters. The minimum atomic E-state index is -3.56. The van der Waals surface area contributed by atoms with Gasteiger partial charge in [-0.25, -0.2) is 4.79 Å². The molecule has 0 aromatic carbocycles. The van der Waals surface area contributed by atoms with Crippen LogP contribution in [-0.2, 0) is 119 Å². The highest BCUT2D eigenvalue weighted by Crippen LogP contribution is 2.44. The van der Waals surface area contributed by atoms with Crippen molar-refractivity contribution in [1.29, 1.82) is 0 Å². The summed E-state index contributed by atoms with van der Waals surface area (Å²) >= 11 is 0. The van der Waals surface area contributed by atoms with Crippen LogP contribution >= 0.6 is 0 Å². The number of hydrogen-bond donors (Lipinski definition) is 33. The van der Waals surface area contributed by atoms with Crippen molar-refractivity contribution < 1.29 is 262 Å². The number of aliphatic carboxylic acids is 1. The lowest BCUT2D eigenvalue weighted by atomic mass is 9.90. The molecule has 10 rings (SSSR count). The van der Waals surface area contributed by atoms with Crippen LogP contribution in [0.4, 0.5) is 0 Å². The lowest BCUT2D eigenvalue weighted by Crippen LogP contribution is -2.72. The van der Waals surface area contributed by atoms with Crippen LogP contribution in [0.1, 0.15) is 48.0 Å². The molecule has 10 aliphatic heterocycles. The molecule has 0 spiro atoms. The Balaban J connectivity index is 0.954. The fourth-order valence-electron chi connectivity index (χ4n) is 17.0. The monoisotopic (exact) mass is 1920 g/mol. The highest BCUT2D eigenvalue weighted by molar-refractivity contribution is 5.76. The molecular formula is C73H121N5O53. The maximum Gasteiger partial charge on any atom is 0.364 e. The smallest absolute Gasteiger partial charge is 0.364 e. The number of aliphatic hydroxyl groups is 27. The van der Waals surface area contributed by atoms with Gasteiger partial charge >= 0.3 is 5.97 Å². The molecule has 0 aromatic rings. The summed E-state index contributed by atoms with van der Waals surface area (Å²) in [7, 11) is 0. The molecule has 58 heteroatoms. The van der Waals surface area contributed by atoms with Crippen LogP contribution in [-0.4, -0.2) is 550 Å². The highest BCUT2D eigenvalue weighted by Gasteiger charge is 2.65. The SMILES string of the molecule is CC(=O)N[C@H]1[C@H](O[C@@H]2[C@@H](NC(C)=O)[C@H](OC[C@H]3OC(O)[C@H](NC(C)=O)[C@@H](O[C@@H]4O[C@H](CO)[C@H](O[C@@H]5O[C@H](CO)[C@H](O[C@H]6O[C@H](CO)[C@@H](O)[C@H](O)[C@H]6NC(C)=O)[C@H](O)[C@H]5O)[C@H](O[C@]5(C(=O)O)C[C@H](O)[C@@H](O)[C@H]([C@H](O)[C@H](O)CO)O5)[C@H]4O)[C@H]3O)O[C@H](CO)[C@H]2O[C@@H]2O[C@@H](C)[C@@H](O)[C@@H](O)[C@@H]2O)O[C@H](CO)[C@@H](O[C@@H]2O[C@H](CO)[C@H](O[C@H]3O[C@H](CO)[C@@H](O)[C@H](O)[C@H]3NC(C)=O)[C@H](O)[C@H]2O)[C@@H]1O. The Morgan fingerprint density at radius 2 is 0.672 bits per heavy atom. The summed E-state index contributed by atoms with van der Waals surface area (Å²) < 4.78 is 114. The first-order valence-corrected chi connectivity index (χ1v) is 41.6. The van der Waals surface area contributed by atoms with Gasteiger partial charge < -0.3 is 260 Å². The van der Waals surface area contributed by atoms with Crippen molar-refractivity contribution in [3.63, 3.8) is 0 Å². The van der Waals surface area contributed by atoms with Crippen LogP contribution in [0.5, 0.6) is 0 Å². The Labute approximate surface area is 741 Å². The number of aliphatic hydroxyl groups excluding tert-OH is 27. The fraction of sp³-hybridized carbons (Fsp3) is 0.918. The molecule has 0 bridgehead atoms. The first-order chi connectivity index (χ1) is 61.8. The van der Waals surface area contributed by atoms with Gasteiger partial charge in [0.05, 0.1) is 71.7 Å². The van der Waals surface area contributed by atoms with E-state index >= 15 is 0 Å². The van der Waals surface area contributed by atoms with E-state index in [1.165, 1.54) is 6.92 Å². The first-order valence-electron chi connectivity index (χ1n) is 41.6. The zero-order chi connectivity index (χ0) is 96.9. The van der Waals surface area contributed by atoms with Gasteiger partial charge in [0.1, 0.15) is 238 Å². The number of carboxylic acid groups (broad SMARTS) is 1. The average Bonchev–Trinajstić information content (AvgIpc) is 0.714. The second kappa shape index (κ2) is 46.6. The van der Waals surface area contributed by atoms with Gasteiger partial charge in [-0.05, 0) is 6.92 Å². The molecule has 131 heavy (non-hydrogen) atoms. The van der Waals surface area contributed by atoms with E-state index in [0.29, 0.717) is 0 Å². The van der Waals surface area contributed by atoms with Crippen LogP contribution in [0.15, 0.2) is 0 Å². The molecule has 0 aromatic heterocycles. The summed E-state index contributed by atoms with van der Waals surface area (Å²) in [5, 5.41) is 325. The first kappa shape index (κ1) is 108. The van der Waals surface area contributed by atoms with Crippen LogP contribution in [0.25, 0.3) is 0 Å². The molecule has 5 amide bonds. The van der Waals surface area contributed by atoms with E-state index < -0.39 is 414 Å². The summed E-state index contributed by atoms with van der Waals surface area (Å²) in [6, 6.07) is -9.51. The number of nitrogens with one attached hydrogen (secondary N) is 5. The minimum absolute atomic E-state index is 0.795. The van der Waals surface area contributed by atoms with Crippen molar-refractivity contribution in [1.82, 2.24) is 26.6 Å². The molecule has 10 saturated heterocycles. The highest BCUT2D eigenvalue weighted by atomic mass is 16.8. The molecule has 0 radical (unpaired) electrons. The average molecular weight is 1920 g/mol. The molecule has 10 fully saturated rings. The zero-order valence-corrected chi connectivity index (χ0v) is 70.7. The second-order valence-corrected chi connectivity index (χ2v) is 33.1. The molecule has 10 aliphatic rings. The van der Waals surface area contributed by atoms with Crippen molar-refractivity contribution in [2.24, 2.45) is 0 Å². The quantitative estimate of drug-likeness (QED) is 0.0280. The zero-order valence-electron chi connectivity index (χ0n) is 70.7. The van der Waals surface area contributed by atoms with Gasteiger partial charge in [-0.15, -0.1) is 0 Å². The predicted molar refractivity (Wildman–Crippen MR) is 403 cm³/mol. The molecule has 33 N–H and O–H groups in total. The lowest BCUT2D eigenvalue weighted by molar-refractivity contribution is -0.407. The third-order valence-electron chi connectivity index (χ3n) is 23.8. The third-order valence-corrected chi connectivity index (χ3v) is 23.8. The number of carbonyl (C=O) groups is 6. The summed E-state index contributed by atoms with van der Waals surface area (Å²) in [4.78, 5) is 78.5. The molecular weight excluding hydrogens is 1790 g/mol. The summed E-state index contributed by atoms with van der Waals surface area (Å²) in [5.41, 5.74) is 0. The lowest BCUT2D eigenvalue weighted by Gasteiger charge is -2.52. The standard InChI is InChI=1S/C73H121N5O53/c1-17-38(94)47(103)50(106)68(114-17)126-57-30(14-85)118-64(37(78-22(6)91)60(57)129-67-35(76-20(4)89)46(102)54(27(11-82)119-67)125-69-51(107)48(104)55(28(12-83)120-69)123-65-33(74-18(2)87)44(100)41(97)25(9-80)116-65)113-16-32-43(99)59(36(63(110)115-32)77-21(5)90)128-71-53(109)62(131-73(72(111)112)7-23(92)39(95)61(130-73)40(96)24(93)8-79)58(31(15-86)122-71)127-70-52(108)49(105)56(29(13-84)121-70)124-66-34(75-19(3)88)45(101)42(98)26(10-81)117-66/h17,23-71,79-86,92-110H,7-16H2,1-6H3,(H,74,87)(H,75,88)(H,76,89)(H,77,90)(H,78,91)(H,111,112)/t17-,23-,24+,25+,26+,27+,28+,29+,30+,31+,32+,33+,34+,35+,36+,37+,38+,39+,40+,41+,42+,43-,44+,45+,46+,47+,48+,49+,50-,51+,52+,53+,54+,55-,56-,57+,58-,59+,60+,61+,62+,63?,64+,65+,66+,67-,68-,69-,70-,71-,73-/m0/s1. The largest absolute Gasteiger partial charge is 0.477 e. The maximum atomic E-state index is 13.8.